The summed E-state index contributed by atoms with van der Waals surface area (Å²) in [5.41, 5.74) is 3.51. The molecular formula is C18H18N2O3S. The summed E-state index contributed by atoms with van der Waals surface area (Å²) in [4.78, 5) is 4.45. The van der Waals surface area contributed by atoms with E-state index in [2.05, 4.69) is 9.71 Å². The maximum atomic E-state index is 12.4. The lowest BCUT2D eigenvalue weighted by Gasteiger charge is -2.08. The quantitative estimate of drug-likeness (QED) is 0.771. The van der Waals surface area contributed by atoms with Crippen molar-refractivity contribution in [2.75, 3.05) is 0 Å². The predicted molar refractivity (Wildman–Crippen MR) is 91.9 cm³/mol. The molecule has 0 bridgehead atoms. The van der Waals surface area contributed by atoms with Crippen LogP contribution in [0.4, 0.5) is 0 Å². The largest absolute Gasteiger partial charge is 0.449 e. The number of benzene rings is 2. The molecule has 2 aromatic carbocycles. The molecule has 0 spiro atoms. The fourth-order valence-electron chi connectivity index (χ4n) is 2.38. The molecule has 0 radical (unpaired) electrons. The first-order valence-corrected chi connectivity index (χ1v) is 9.00. The van der Waals surface area contributed by atoms with Gasteiger partial charge in [0.05, 0.1) is 4.90 Å². The van der Waals surface area contributed by atoms with Gasteiger partial charge in [-0.25, -0.2) is 18.1 Å². The first-order valence-electron chi connectivity index (χ1n) is 7.52. The Hall–Kier alpha value is -2.44. The van der Waals surface area contributed by atoms with Crippen molar-refractivity contribution in [1.29, 1.82) is 0 Å². The van der Waals surface area contributed by atoms with Gasteiger partial charge in [0.2, 0.25) is 10.0 Å². The first kappa shape index (κ1) is 16.4. The fourth-order valence-corrected chi connectivity index (χ4v) is 3.40. The third-order valence-corrected chi connectivity index (χ3v) is 5.05. The lowest BCUT2D eigenvalue weighted by Crippen LogP contribution is -2.23. The maximum Gasteiger partial charge on any atom is 0.240 e. The van der Waals surface area contributed by atoms with Crippen LogP contribution in [0.5, 0.6) is 0 Å². The van der Waals surface area contributed by atoms with Gasteiger partial charge in [-0.1, -0.05) is 42.0 Å². The van der Waals surface area contributed by atoms with Gasteiger partial charge >= 0.3 is 0 Å². The molecule has 5 nitrogen and oxygen atoms in total. The number of nitrogens with zero attached hydrogens (tertiary/aromatic N) is 1. The molecule has 124 valence electrons. The normalized spacial score (nSPS) is 11.6. The molecule has 0 aliphatic heterocycles. The average Bonchev–Trinajstić information content (AvgIpc) is 3.00. The summed E-state index contributed by atoms with van der Waals surface area (Å²) in [6, 6.07) is 14.3. The summed E-state index contributed by atoms with van der Waals surface area (Å²) in [5.74, 6) is 0.571. The van der Waals surface area contributed by atoms with Gasteiger partial charge in [0.1, 0.15) is 12.0 Å². The highest BCUT2D eigenvalue weighted by atomic mass is 32.2. The second-order valence-corrected chi connectivity index (χ2v) is 7.36. The molecule has 0 amide bonds. The lowest BCUT2D eigenvalue weighted by atomic mass is 10.1. The maximum absolute atomic E-state index is 12.4. The molecule has 1 aromatic heterocycles. The molecule has 0 saturated carbocycles. The van der Waals surface area contributed by atoms with Gasteiger partial charge in [0.25, 0.3) is 0 Å². The van der Waals surface area contributed by atoms with Gasteiger partial charge in [-0.15, -0.1) is 0 Å². The highest BCUT2D eigenvalue weighted by molar-refractivity contribution is 7.89. The van der Waals surface area contributed by atoms with Crippen LogP contribution >= 0.6 is 0 Å². The molecule has 0 unspecified atom stereocenters. The Morgan fingerprint density at radius 1 is 1.08 bits per heavy atom. The second-order valence-electron chi connectivity index (χ2n) is 5.59. The van der Waals surface area contributed by atoms with Crippen LogP contribution in [-0.4, -0.2) is 13.4 Å². The van der Waals surface area contributed by atoms with Crippen molar-refractivity contribution < 1.29 is 12.8 Å². The van der Waals surface area contributed by atoms with E-state index in [9.17, 15) is 8.42 Å². The van der Waals surface area contributed by atoms with Crippen LogP contribution in [0.2, 0.25) is 0 Å². The number of aromatic nitrogens is 1. The molecule has 0 fully saturated rings. The summed E-state index contributed by atoms with van der Waals surface area (Å²) < 4.78 is 32.6. The van der Waals surface area contributed by atoms with Crippen molar-refractivity contribution in [3.05, 3.63) is 71.8 Å². The molecule has 0 atom stereocenters. The van der Waals surface area contributed by atoms with Gasteiger partial charge in [-0.05, 0) is 24.6 Å². The van der Waals surface area contributed by atoms with Crippen LogP contribution in [-0.2, 0) is 16.6 Å². The number of rotatable bonds is 5. The van der Waals surface area contributed by atoms with Crippen molar-refractivity contribution in [1.82, 2.24) is 9.71 Å². The Labute approximate surface area is 141 Å². The SMILES string of the molecule is Cc1cccc(CNS(=O)(=O)c2ccc(-c3coc(C)n3)cc2)c1. The zero-order valence-corrected chi connectivity index (χ0v) is 14.3. The van der Waals surface area contributed by atoms with Crippen LogP contribution in [0.15, 0.2) is 64.1 Å². The second kappa shape index (κ2) is 6.59. The predicted octanol–water partition coefficient (Wildman–Crippen LogP) is 3.44. The molecule has 3 rings (SSSR count). The first-order chi connectivity index (χ1) is 11.4. The van der Waals surface area contributed by atoms with E-state index >= 15 is 0 Å². The van der Waals surface area contributed by atoms with Gasteiger partial charge in [-0.2, -0.15) is 0 Å². The highest BCUT2D eigenvalue weighted by Gasteiger charge is 2.14. The molecule has 6 heteroatoms. The highest BCUT2D eigenvalue weighted by Crippen LogP contribution is 2.20. The number of oxazole rings is 1. The summed E-state index contributed by atoms with van der Waals surface area (Å²) >= 11 is 0. The monoisotopic (exact) mass is 342 g/mol. The molecule has 0 saturated heterocycles. The number of hydrogen-bond acceptors (Lipinski definition) is 4. The van der Waals surface area contributed by atoms with E-state index < -0.39 is 10.0 Å². The van der Waals surface area contributed by atoms with Crippen molar-refractivity contribution in [2.45, 2.75) is 25.3 Å². The van der Waals surface area contributed by atoms with E-state index in [-0.39, 0.29) is 11.4 Å². The van der Waals surface area contributed by atoms with Crippen LogP contribution in [0.25, 0.3) is 11.3 Å². The third kappa shape index (κ3) is 3.72. The van der Waals surface area contributed by atoms with E-state index in [0.717, 1.165) is 16.7 Å². The number of aryl methyl sites for hydroxylation is 2. The molecular weight excluding hydrogens is 324 g/mol. The smallest absolute Gasteiger partial charge is 0.240 e. The Bertz CT molecular complexity index is 944. The average molecular weight is 342 g/mol. The zero-order valence-electron chi connectivity index (χ0n) is 13.5. The lowest BCUT2D eigenvalue weighted by molar-refractivity contribution is 0.521. The van der Waals surface area contributed by atoms with Gasteiger partial charge < -0.3 is 4.42 Å². The van der Waals surface area contributed by atoms with Gasteiger partial charge in [-0.3, -0.25) is 0 Å². The minimum atomic E-state index is -3.56. The topological polar surface area (TPSA) is 72.2 Å². The van der Waals surface area contributed by atoms with E-state index in [4.69, 9.17) is 4.42 Å². The van der Waals surface area contributed by atoms with Crippen LogP contribution in [0.3, 0.4) is 0 Å². The van der Waals surface area contributed by atoms with Crippen molar-refractivity contribution >= 4 is 10.0 Å². The molecule has 0 aliphatic carbocycles. The molecule has 1 N–H and O–H groups in total. The number of sulfonamides is 1. The van der Waals surface area contributed by atoms with Crippen LogP contribution < -0.4 is 4.72 Å². The van der Waals surface area contributed by atoms with E-state index in [1.54, 1.807) is 37.5 Å². The minimum Gasteiger partial charge on any atom is -0.449 e. The van der Waals surface area contributed by atoms with Crippen LogP contribution in [0.1, 0.15) is 17.0 Å². The summed E-state index contributed by atoms with van der Waals surface area (Å²) in [7, 11) is -3.56. The number of nitrogens with one attached hydrogen (secondary N) is 1. The number of hydrogen-bond donors (Lipinski definition) is 1. The Morgan fingerprint density at radius 2 is 1.83 bits per heavy atom. The van der Waals surface area contributed by atoms with Crippen molar-refractivity contribution in [3.63, 3.8) is 0 Å². The summed E-state index contributed by atoms with van der Waals surface area (Å²) in [6.07, 6.45) is 1.55. The zero-order chi connectivity index (χ0) is 17.2. The summed E-state index contributed by atoms with van der Waals surface area (Å²) in [6.45, 7) is 3.99. The molecule has 1 heterocycles. The van der Waals surface area contributed by atoms with Crippen molar-refractivity contribution in [2.24, 2.45) is 0 Å². The Morgan fingerprint density at radius 3 is 2.46 bits per heavy atom. The minimum absolute atomic E-state index is 0.221. The standard InChI is InChI=1S/C18H18N2O3S/c1-13-4-3-5-15(10-13)11-19-24(21,22)17-8-6-16(7-9-17)18-12-23-14(2)20-18/h3-10,12,19H,11H2,1-2H3. The Kier molecular flexibility index (Phi) is 4.51. The van der Waals surface area contributed by atoms with Gasteiger partial charge in [0.15, 0.2) is 5.89 Å². The van der Waals surface area contributed by atoms with Gasteiger partial charge in [0, 0.05) is 19.0 Å². The summed E-state index contributed by atoms with van der Waals surface area (Å²) in [5, 5.41) is 0. The van der Waals surface area contributed by atoms with Crippen molar-refractivity contribution in [3.8, 4) is 11.3 Å². The Balaban J connectivity index is 1.75. The van der Waals surface area contributed by atoms with E-state index in [0.29, 0.717) is 11.6 Å². The fraction of sp³-hybridized carbons (Fsp3) is 0.167. The van der Waals surface area contributed by atoms with Crippen LogP contribution in [0, 0.1) is 13.8 Å². The third-order valence-electron chi connectivity index (χ3n) is 3.63. The molecule has 24 heavy (non-hydrogen) atoms. The van der Waals surface area contributed by atoms with E-state index in [1.165, 1.54) is 0 Å². The van der Waals surface area contributed by atoms with E-state index in [1.807, 2.05) is 31.2 Å². The molecule has 3 aromatic rings. The molecule has 0 aliphatic rings.